The summed E-state index contributed by atoms with van der Waals surface area (Å²) in [6.45, 7) is 2.46. The summed E-state index contributed by atoms with van der Waals surface area (Å²) in [5.41, 5.74) is 1.33. The number of nitrogens with one attached hydrogen (secondary N) is 1. The molecule has 0 aliphatic rings. The quantitative estimate of drug-likeness (QED) is 0.245. The fourth-order valence-electron chi connectivity index (χ4n) is 4.28. The molecule has 5 aromatic rings. The lowest BCUT2D eigenvalue weighted by atomic mass is 10.1. The number of H-pyrrole nitrogens is 1. The Morgan fingerprint density at radius 2 is 1.80 bits per heavy atom. The minimum atomic E-state index is -0.571. The molecule has 0 fully saturated rings. The monoisotopic (exact) mass is 535 g/mol. The van der Waals surface area contributed by atoms with Crippen molar-refractivity contribution in [2.75, 3.05) is 5.33 Å². The van der Waals surface area contributed by atoms with Crippen molar-refractivity contribution in [2.45, 2.75) is 19.5 Å². The van der Waals surface area contributed by atoms with Crippen molar-refractivity contribution in [3.63, 3.8) is 0 Å². The van der Waals surface area contributed by atoms with Gasteiger partial charge < -0.3 is 9.67 Å². The van der Waals surface area contributed by atoms with E-state index in [9.17, 15) is 14.7 Å². The van der Waals surface area contributed by atoms with Gasteiger partial charge in [0, 0.05) is 24.3 Å². The molecule has 10 nitrogen and oxygen atoms in total. The Kier molecular flexibility index (Phi) is 5.85. The van der Waals surface area contributed by atoms with Crippen molar-refractivity contribution in [3.05, 3.63) is 81.0 Å². The van der Waals surface area contributed by atoms with Crippen LogP contribution in [0.25, 0.3) is 22.1 Å². The highest BCUT2D eigenvalue weighted by Gasteiger charge is 2.23. The number of imidazole rings is 1. The van der Waals surface area contributed by atoms with Crippen LogP contribution in [0.15, 0.2) is 74.4 Å². The molecule has 0 aliphatic heterocycles. The Labute approximate surface area is 207 Å². The number of halogens is 1. The van der Waals surface area contributed by atoms with Crippen LogP contribution in [0.3, 0.4) is 0 Å². The summed E-state index contributed by atoms with van der Waals surface area (Å²) < 4.78 is 4.67. The molecule has 2 N–H and O–H groups in total. The third-order valence-electron chi connectivity index (χ3n) is 6.07. The summed E-state index contributed by atoms with van der Waals surface area (Å²) >= 11 is 3.42. The summed E-state index contributed by atoms with van der Waals surface area (Å²) in [6, 6.07) is 16.8. The summed E-state index contributed by atoms with van der Waals surface area (Å²) in [5, 5.41) is 21.0. The van der Waals surface area contributed by atoms with Crippen LogP contribution in [0.2, 0.25) is 0 Å². The molecule has 0 saturated heterocycles. The van der Waals surface area contributed by atoms with E-state index in [1.807, 2.05) is 61.5 Å². The number of rotatable bonds is 6. The number of para-hydroxylation sites is 1. The minimum absolute atomic E-state index is 0.0154. The van der Waals surface area contributed by atoms with Crippen LogP contribution < -0.4 is 11.2 Å². The maximum Gasteiger partial charge on any atom is 0.329 e. The molecule has 0 bridgehead atoms. The van der Waals surface area contributed by atoms with Crippen molar-refractivity contribution in [3.8, 4) is 5.88 Å². The predicted molar refractivity (Wildman–Crippen MR) is 137 cm³/mol. The number of aromatic amines is 1. The van der Waals surface area contributed by atoms with Gasteiger partial charge in [-0.2, -0.15) is 4.98 Å². The molecule has 0 aliphatic carbocycles. The number of hydrogen-bond donors (Lipinski definition) is 2. The van der Waals surface area contributed by atoms with Crippen LogP contribution >= 0.6 is 15.9 Å². The Balaban J connectivity index is 1.74. The van der Waals surface area contributed by atoms with E-state index in [2.05, 4.69) is 36.1 Å². The van der Waals surface area contributed by atoms with E-state index >= 15 is 0 Å². The van der Waals surface area contributed by atoms with Crippen molar-refractivity contribution < 1.29 is 5.11 Å². The van der Waals surface area contributed by atoms with Gasteiger partial charge in [-0.3, -0.25) is 18.9 Å². The molecule has 0 spiro atoms. The predicted octanol–water partition coefficient (Wildman–Crippen LogP) is 4.50. The van der Waals surface area contributed by atoms with Crippen molar-refractivity contribution in [1.29, 1.82) is 0 Å². The highest BCUT2D eigenvalue weighted by molar-refractivity contribution is 9.09. The number of benzene rings is 2. The average molecular weight is 536 g/mol. The van der Waals surface area contributed by atoms with E-state index in [-0.39, 0.29) is 29.0 Å². The summed E-state index contributed by atoms with van der Waals surface area (Å²) in [7, 11) is 1.53. The molecule has 35 heavy (non-hydrogen) atoms. The number of fused-ring (bicyclic) bond motifs is 2. The molecule has 3 heterocycles. The van der Waals surface area contributed by atoms with Crippen LogP contribution in [0, 0.1) is 0 Å². The third kappa shape index (κ3) is 3.77. The van der Waals surface area contributed by atoms with Crippen LogP contribution in [0.1, 0.15) is 18.5 Å². The Hall–Kier alpha value is -3.99. The average Bonchev–Trinajstić information content (AvgIpc) is 3.38. The van der Waals surface area contributed by atoms with Gasteiger partial charge in [0.05, 0.1) is 11.6 Å². The summed E-state index contributed by atoms with van der Waals surface area (Å²) in [5.74, 6) is 0.123. The van der Waals surface area contributed by atoms with Gasteiger partial charge in [-0.25, -0.2) is 4.79 Å². The van der Waals surface area contributed by atoms with Gasteiger partial charge in [-0.15, -0.1) is 10.2 Å². The van der Waals surface area contributed by atoms with Crippen LogP contribution in [-0.2, 0) is 13.6 Å². The second-order valence-electron chi connectivity index (χ2n) is 8.09. The first kappa shape index (κ1) is 22.8. The molecule has 2 aromatic carbocycles. The number of aryl methyl sites for hydroxylation is 2. The SMILES string of the molecule is C[C@H](c1ccccc1)n1c(N=Nc2c(O)n(CCBr)c3ccccc23)nc2c1c(=O)[nH]c(=O)n2C. The largest absolute Gasteiger partial charge is 0.493 e. The molecule has 5 rings (SSSR count). The fraction of sp³-hybridized carbons (Fsp3) is 0.208. The zero-order valence-electron chi connectivity index (χ0n) is 19.0. The smallest absolute Gasteiger partial charge is 0.329 e. The molecule has 11 heteroatoms. The lowest BCUT2D eigenvalue weighted by Crippen LogP contribution is -2.29. The number of alkyl halides is 1. The van der Waals surface area contributed by atoms with Gasteiger partial charge in [-0.05, 0) is 18.6 Å². The van der Waals surface area contributed by atoms with E-state index in [1.54, 1.807) is 9.13 Å². The molecule has 3 aromatic heterocycles. The topological polar surface area (TPSA) is 123 Å². The van der Waals surface area contributed by atoms with Gasteiger partial charge in [-0.1, -0.05) is 64.5 Å². The molecule has 178 valence electrons. The number of hydrogen-bond acceptors (Lipinski definition) is 6. The summed E-state index contributed by atoms with van der Waals surface area (Å²) in [4.78, 5) is 31.9. The van der Waals surface area contributed by atoms with E-state index in [4.69, 9.17) is 0 Å². The molecule has 0 saturated carbocycles. The second-order valence-corrected chi connectivity index (χ2v) is 8.88. The number of nitrogens with zero attached hydrogens (tertiary/aromatic N) is 6. The second kappa shape index (κ2) is 8.99. The number of aromatic nitrogens is 5. The highest BCUT2D eigenvalue weighted by Crippen LogP contribution is 2.40. The Morgan fingerprint density at radius 1 is 1.09 bits per heavy atom. The zero-order valence-corrected chi connectivity index (χ0v) is 20.6. The van der Waals surface area contributed by atoms with E-state index in [0.29, 0.717) is 17.6 Å². The van der Waals surface area contributed by atoms with Crippen molar-refractivity contribution in [2.24, 2.45) is 17.3 Å². The lowest BCUT2D eigenvalue weighted by Gasteiger charge is -2.15. The maximum absolute atomic E-state index is 12.9. The standard InChI is InChI=1S/C24H22BrN7O3/c1-14(15-8-4-3-5-9-15)32-19-20(30(2)24(35)27-21(19)33)26-23(32)29-28-18-16-10-6-7-11-17(16)31(13-12-25)22(18)34/h3-11,14,34H,12-13H2,1-2H3,(H,27,33,35)/t14-/m1/s1. The molecule has 0 amide bonds. The van der Waals surface area contributed by atoms with Gasteiger partial charge in [0.15, 0.2) is 16.9 Å². The van der Waals surface area contributed by atoms with Crippen molar-refractivity contribution >= 4 is 49.6 Å². The molecule has 0 unspecified atom stereocenters. The van der Waals surface area contributed by atoms with E-state index < -0.39 is 11.2 Å². The molecule has 0 radical (unpaired) electrons. The van der Waals surface area contributed by atoms with Crippen LogP contribution in [-0.4, -0.2) is 34.1 Å². The minimum Gasteiger partial charge on any atom is -0.493 e. The first-order valence-corrected chi connectivity index (χ1v) is 12.1. The molecular weight excluding hydrogens is 514 g/mol. The van der Waals surface area contributed by atoms with Crippen LogP contribution in [0.4, 0.5) is 11.6 Å². The van der Waals surface area contributed by atoms with Gasteiger partial charge >= 0.3 is 5.69 Å². The first-order valence-electron chi connectivity index (χ1n) is 11.0. The Bertz CT molecular complexity index is 1700. The molecular formula is C24H22BrN7O3. The summed E-state index contributed by atoms with van der Waals surface area (Å²) in [6.07, 6.45) is 0. The first-order chi connectivity index (χ1) is 16.9. The third-order valence-corrected chi connectivity index (χ3v) is 6.42. The van der Waals surface area contributed by atoms with Gasteiger partial charge in [0.1, 0.15) is 0 Å². The van der Waals surface area contributed by atoms with Crippen LogP contribution in [0.5, 0.6) is 5.88 Å². The highest BCUT2D eigenvalue weighted by atomic mass is 79.9. The van der Waals surface area contributed by atoms with E-state index in [1.165, 1.54) is 11.6 Å². The zero-order chi connectivity index (χ0) is 24.7. The lowest BCUT2D eigenvalue weighted by molar-refractivity contribution is 0.427. The number of azo groups is 1. The van der Waals surface area contributed by atoms with Gasteiger partial charge in [0.2, 0.25) is 5.88 Å². The number of aromatic hydroxyl groups is 1. The normalized spacial score (nSPS) is 12.8. The Morgan fingerprint density at radius 3 is 2.54 bits per heavy atom. The fourth-order valence-corrected chi connectivity index (χ4v) is 4.64. The van der Waals surface area contributed by atoms with Crippen molar-refractivity contribution in [1.82, 2.24) is 23.7 Å². The van der Waals surface area contributed by atoms with E-state index in [0.717, 1.165) is 16.5 Å². The van der Waals surface area contributed by atoms with Gasteiger partial charge in [0.25, 0.3) is 11.5 Å². The maximum atomic E-state index is 12.9. The molecule has 1 atom stereocenters.